The van der Waals surface area contributed by atoms with Crippen molar-refractivity contribution < 1.29 is 4.79 Å². The second-order valence-corrected chi connectivity index (χ2v) is 5.19. The molecule has 0 radical (unpaired) electrons. The van der Waals surface area contributed by atoms with Gasteiger partial charge >= 0.3 is 0 Å². The molecule has 1 aliphatic rings. The van der Waals surface area contributed by atoms with Gasteiger partial charge in [0.1, 0.15) is 0 Å². The number of rotatable bonds is 0. The molecule has 2 aromatic rings. The minimum absolute atomic E-state index is 0.224. The van der Waals surface area contributed by atoms with Gasteiger partial charge in [-0.25, -0.2) is 4.98 Å². The van der Waals surface area contributed by atoms with Crippen LogP contribution < -0.4 is 0 Å². The monoisotopic (exact) mass is 253 g/mol. The van der Waals surface area contributed by atoms with E-state index in [0.29, 0.717) is 6.42 Å². The minimum atomic E-state index is 0.224. The summed E-state index contributed by atoms with van der Waals surface area (Å²) in [5.41, 5.74) is 1.91. The second kappa shape index (κ2) is 4.75. The maximum absolute atomic E-state index is 11.7. The number of hydrogen-bond donors (Lipinski definition) is 0. The van der Waals surface area contributed by atoms with Crippen molar-refractivity contribution in [3.8, 4) is 11.8 Å². The number of aryl methyl sites for hydroxylation is 1. The van der Waals surface area contributed by atoms with Crippen LogP contribution in [0.1, 0.15) is 38.8 Å². The average molecular weight is 253 g/mol. The lowest BCUT2D eigenvalue weighted by atomic mass is 10.0. The predicted octanol–water partition coefficient (Wildman–Crippen LogP) is 3.06. The second-order valence-electron chi connectivity index (χ2n) is 4.19. The number of fused-ring (bicyclic) bond motifs is 1. The molecule has 3 heteroatoms. The summed E-state index contributed by atoms with van der Waals surface area (Å²) in [4.78, 5) is 17.0. The molecule has 0 fully saturated rings. The fourth-order valence-corrected chi connectivity index (χ4v) is 2.90. The van der Waals surface area contributed by atoms with Crippen LogP contribution in [0.4, 0.5) is 0 Å². The number of nitrogens with zero attached hydrogens (tertiary/aromatic N) is 1. The number of aromatic nitrogens is 1. The lowest BCUT2D eigenvalue weighted by Crippen LogP contribution is -2.07. The largest absolute Gasteiger partial charge is 0.293 e. The smallest absolute Gasteiger partial charge is 0.174 e. The van der Waals surface area contributed by atoms with Crippen LogP contribution >= 0.6 is 11.3 Å². The summed E-state index contributed by atoms with van der Waals surface area (Å²) in [6.45, 7) is 0. The van der Waals surface area contributed by atoms with Crippen LogP contribution in [-0.2, 0) is 6.42 Å². The van der Waals surface area contributed by atoms with Gasteiger partial charge in [-0.3, -0.25) is 4.79 Å². The zero-order valence-corrected chi connectivity index (χ0v) is 10.6. The molecule has 0 saturated heterocycles. The Kier molecular flexibility index (Phi) is 2.95. The summed E-state index contributed by atoms with van der Waals surface area (Å²) in [6, 6.07) is 9.81. The van der Waals surface area contributed by atoms with E-state index in [9.17, 15) is 4.79 Å². The minimum Gasteiger partial charge on any atom is -0.293 e. The lowest BCUT2D eigenvalue weighted by Gasteiger charge is -2.05. The van der Waals surface area contributed by atoms with Crippen molar-refractivity contribution in [1.82, 2.24) is 4.98 Å². The van der Waals surface area contributed by atoms with Gasteiger partial charge in [0.2, 0.25) is 0 Å². The van der Waals surface area contributed by atoms with Crippen molar-refractivity contribution in [2.45, 2.75) is 19.3 Å². The Morgan fingerprint density at radius 2 is 1.94 bits per heavy atom. The maximum atomic E-state index is 11.7. The first kappa shape index (κ1) is 11.2. The van der Waals surface area contributed by atoms with Gasteiger partial charge < -0.3 is 0 Å². The van der Waals surface area contributed by atoms with Crippen LogP contribution in [0.5, 0.6) is 0 Å². The van der Waals surface area contributed by atoms with Crippen LogP contribution in [0.2, 0.25) is 0 Å². The Labute approximate surface area is 110 Å². The van der Waals surface area contributed by atoms with E-state index in [1.165, 1.54) is 11.3 Å². The van der Waals surface area contributed by atoms with E-state index in [-0.39, 0.29) is 5.78 Å². The summed E-state index contributed by atoms with van der Waals surface area (Å²) in [5.74, 6) is 6.34. The highest BCUT2D eigenvalue weighted by Gasteiger charge is 2.21. The van der Waals surface area contributed by atoms with Crippen molar-refractivity contribution >= 4 is 17.1 Å². The molecule has 0 atom stereocenters. The maximum Gasteiger partial charge on any atom is 0.174 e. The fourth-order valence-electron chi connectivity index (χ4n) is 1.97. The number of carbonyl (C=O) groups excluding carboxylic acids is 1. The third-order valence-corrected chi connectivity index (χ3v) is 3.91. The van der Waals surface area contributed by atoms with E-state index in [4.69, 9.17) is 0 Å². The highest BCUT2D eigenvalue weighted by atomic mass is 32.1. The average Bonchev–Trinajstić information content (AvgIpc) is 2.82. The summed E-state index contributed by atoms with van der Waals surface area (Å²) in [5, 5.41) is 0.749. The van der Waals surface area contributed by atoms with E-state index in [0.717, 1.165) is 34.0 Å². The molecular weight excluding hydrogens is 242 g/mol. The van der Waals surface area contributed by atoms with Gasteiger partial charge in [0.25, 0.3) is 0 Å². The molecule has 0 bridgehead atoms. The molecule has 0 unspecified atom stereocenters. The van der Waals surface area contributed by atoms with Crippen LogP contribution in [0.15, 0.2) is 30.3 Å². The van der Waals surface area contributed by atoms with Crippen molar-refractivity contribution in [3.05, 3.63) is 51.5 Å². The van der Waals surface area contributed by atoms with Gasteiger partial charge in [-0.1, -0.05) is 24.1 Å². The molecule has 1 aromatic carbocycles. The number of hydrogen-bond acceptors (Lipinski definition) is 3. The molecular formula is C15H11NOS. The van der Waals surface area contributed by atoms with Gasteiger partial charge in [0, 0.05) is 12.0 Å². The Morgan fingerprint density at radius 3 is 2.72 bits per heavy atom. The Hall–Kier alpha value is -1.92. The van der Waals surface area contributed by atoms with Gasteiger partial charge in [-0.15, -0.1) is 11.3 Å². The molecule has 1 heterocycles. The van der Waals surface area contributed by atoms with Crippen molar-refractivity contribution in [2.24, 2.45) is 0 Å². The Bertz CT molecular complexity index is 646. The number of thiazole rings is 1. The van der Waals surface area contributed by atoms with Crippen molar-refractivity contribution in [1.29, 1.82) is 0 Å². The predicted molar refractivity (Wildman–Crippen MR) is 71.8 cm³/mol. The fraction of sp³-hybridized carbons (Fsp3) is 0.200. The number of carbonyl (C=O) groups is 1. The van der Waals surface area contributed by atoms with Crippen LogP contribution in [0, 0.1) is 11.8 Å². The van der Waals surface area contributed by atoms with E-state index in [1.807, 2.05) is 30.3 Å². The summed E-state index contributed by atoms with van der Waals surface area (Å²) < 4.78 is 0. The molecule has 88 valence electrons. The Balaban J connectivity index is 1.91. The molecule has 3 rings (SSSR count). The summed E-state index contributed by atoms with van der Waals surface area (Å²) in [7, 11) is 0. The molecule has 0 amide bonds. The van der Waals surface area contributed by atoms with Crippen LogP contribution in [0.3, 0.4) is 0 Å². The first-order valence-electron chi connectivity index (χ1n) is 5.93. The molecule has 2 nitrogen and oxygen atoms in total. The topological polar surface area (TPSA) is 30.0 Å². The van der Waals surface area contributed by atoms with Crippen molar-refractivity contribution in [3.63, 3.8) is 0 Å². The molecule has 18 heavy (non-hydrogen) atoms. The highest BCUT2D eigenvalue weighted by molar-refractivity contribution is 7.14. The molecule has 0 spiro atoms. The van der Waals surface area contributed by atoms with E-state index < -0.39 is 0 Å². The third-order valence-electron chi connectivity index (χ3n) is 2.86. The highest BCUT2D eigenvalue weighted by Crippen LogP contribution is 2.26. The Morgan fingerprint density at radius 1 is 1.11 bits per heavy atom. The normalized spacial score (nSPS) is 13.7. The molecule has 0 saturated carbocycles. The van der Waals surface area contributed by atoms with Crippen molar-refractivity contribution in [2.75, 3.05) is 0 Å². The summed E-state index contributed by atoms with van der Waals surface area (Å²) >= 11 is 1.43. The SMILES string of the molecule is O=C1CCCc2nc(C#Cc3ccccc3)sc21. The van der Waals surface area contributed by atoms with Crippen LogP contribution in [-0.4, -0.2) is 10.8 Å². The van der Waals surface area contributed by atoms with E-state index in [2.05, 4.69) is 16.8 Å². The van der Waals surface area contributed by atoms with E-state index in [1.54, 1.807) is 0 Å². The number of ketones is 1. The zero-order chi connectivity index (χ0) is 12.4. The molecule has 1 aliphatic carbocycles. The quantitative estimate of drug-likeness (QED) is 0.675. The summed E-state index contributed by atoms with van der Waals surface area (Å²) in [6.07, 6.45) is 2.48. The zero-order valence-electron chi connectivity index (χ0n) is 9.77. The standard InChI is InChI=1S/C15H11NOS/c17-13-8-4-7-12-15(13)18-14(16-12)10-9-11-5-2-1-3-6-11/h1-3,5-6H,4,7-8H2. The molecule has 1 aromatic heterocycles. The molecule has 0 aliphatic heterocycles. The first-order valence-corrected chi connectivity index (χ1v) is 6.74. The van der Waals surface area contributed by atoms with Crippen LogP contribution in [0.25, 0.3) is 0 Å². The molecule has 0 N–H and O–H groups in total. The van der Waals surface area contributed by atoms with Gasteiger partial charge in [-0.2, -0.15) is 0 Å². The lowest BCUT2D eigenvalue weighted by molar-refractivity contribution is 0.0976. The third kappa shape index (κ3) is 2.20. The van der Waals surface area contributed by atoms with Gasteiger partial charge in [0.05, 0.1) is 10.6 Å². The number of Topliss-reactive ketones (excluding diaryl/α,β-unsaturated/α-hetero) is 1. The number of benzene rings is 1. The van der Waals surface area contributed by atoms with Gasteiger partial charge in [-0.05, 0) is 30.9 Å². The first-order chi connectivity index (χ1) is 8.83. The van der Waals surface area contributed by atoms with Gasteiger partial charge in [0.15, 0.2) is 10.8 Å². The van der Waals surface area contributed by atoms with E-state index >= 15 is 0 Å².